The molecule has 0 aromatic carbocycles. The summed E-state index contributed by atoms with van der Waals surface area (Å²) in [5, 5.41) is 5.79. The number of hydrogen-bond acceptors (Lipinski definition) is 2. The van der Waals surface area contributed by atoms with Crippen LogP contribution < -0.4 is 16.4 Å². The van der Waals surface area contributed by atoms with E-state index in [0.29, 0.717) is 6.54 Å². The first-order valence-corrected chi connectivity index (χ1v) is 12.0. The largest absolute Gasteiger partial charge is 0.338 e. The van der Waals surface area contributed by atoms with Crippen LogP contribution in [0, 0.1) is 0 Å². The summed E-state index contributed by atoms with van der Waals surface area (Å²) in [5.41, 5.74) is 5.42. The van der Waals surface area contributed by atoms with Crippen LogP contribution in [0.4, 0.5) is 4.79 Å². The lowest BCUT2D eigenvalue weighted by Crippen LogP contribution is -2.36. The summed E-state index contributed by atoms with van der Waals surface area (Å²) in [6.45, 7) is 4.50. The quantitative estimate of drug-likeness (QED) is 0.204. The molecule has 0 heterocycles. The van der Waals surface area contributed by atoms with Gasteiger partial charge in [-0.3, -0.25) is 0 Å². The highest BCUT2D eigenvalue weighted by Gasteiger charge is 1.98. The Morgan fingerprint density at radius 2 is 0.889 bits per heavy atom. The minimum atomic E-state index is -0.0343. The molecule has 0 aromatic rings. The van der Waals surface area contributed by atoms with E-state index in [-0.39, 0.29) is 6.03 Å². The van der Waals surface area contributed by atoms with E-state index < -0.39 is 0 Å². The Labute approximate surface area is 169 Å². The third-order valence-corrected chi connectivity index (χ3v) is 5.23. The van der Waals surface area contributed by atoms with E-state index in [4.69, 9.17) is 5.73 Å². The van der Waals surface area contributed by atoms with Gasteiger partial charge in [0.2, 0.25) is 0 Å². The number of nitrogens with one attached hydrogen (secondary N) is 2. The molecular weight excluding hydrogens is 334 g/mol. The van der Waals surface area contributed by atoms with Crippen LogP contribution in [0.2, 0.25) is 0 Å². The highest BCUT2D eigenvalue weighted by molar-refractivity contribution is 5.73. The average Bonchev–Trinajstić information content (AvgIpc) is 2.67. The normalized spacial score (nSPS) is 10.9. The Morgan fingerprint density at radius 1 is 0.556 bits per heavy atom. The highest BCUT2D eigenvalue weighted by atomic mass is 16.2. The van der Waals surface area contributed by atoms with Gasteiger partial charge in [0, 0.05) is 13.1 Å². The van der Waals surface area contributed by atoms with Crippen molar-refractivity contribution in [2.24, 2.45) is 5.73 Å². The van der Waals surface area contributed by atoms with Gasteiger partial charge in [-0.25, -0.2) is 4.79 Å². The zero-order valence-corrected chi connectivity index (χ0v) is 18.3. The fraction of sp³-hybridized carbons (Fsp3) is 0.957. The van der Waals surface area contributed by atoms with Gasteiger partial charge in [0.15, 0.2) is 0 Å². The molecule has 0 saturated carbocycles. The first kappa shape index (κ1) is 26.2. The van der Waals surface area contributed by atoms with Gasteiger partial charge in [0.05, 0.1) is 0 Å². The lowest BCUT2D eigenvalue weighted by molar-refractivity contribution is 0.240. The van der Waals surface area contributed by atoms with Crippen LogP contribution in [0.3, 0.4) is 0 Å². The number of amides is 2. The van der Waals surface area contributed by atoms with Crippen molar-refractivity contribution in [2.45, 2.75) is 122 Å². The number of urea groups is 1. The molecule has 0 aliphatic heterocycles. The van der Waals surface area contributed by atoms with E-state index in [2.05, 4.69) is 17.6 Å². The predicted octanol–water partition coefficient (Wildman–Crippen LogP) is 6.29. The van der Waals surface area contributed by atoms with E-state index in [1.165, 1.54) is 96.3 Å². The molecule has 0 bridgehead atoms. The van der Waals surface area contributed by atoms with Crippen molar-refractivity contribution >= 4 is 6.03 Å². The summed E-state index contributed by atoms with van der Waals surface area (Å²) in [5.74, 6) is 0. The van der Waals surface area contributed by atoms with Crippen molar-refractivity contribution in [1.29, 1.82) is 0 Å². The molecule has 0 fully saturated rings. The number of hydrogen-bond donors (Lipinski definition) is 3. The van der Waals surface area contributed by atoms with Crippen LogP contribution in [0.15, 0.2) is 0 Å². The molecule has 0 saturated heterocycles. The van der Waals surface area contributed by atoms with Crippen LogP contribution >= 0.6 is 0 Å². The van der Waals surface area contributed by atoms with Gasteiger partial charge in [-0.05, 0) is 25.8 Å². The molecule has 0 aliphatic rings. The molecule has 0 spiro atoms. The van der Waals surface area contributed by atoms with Crippen molar-refractivity contribution in [2.75, 3.05) is 19.6 Å². The number of carbonyl (C=O) groups is 1. The maximum absolute atomic E-state index is 11.5. The SMILES string of the molecule is CCCCCCCCCCCCCCCCCCNC(=O)NCCCCN. The molecule has 4 N–H and O–H groups in total. The maximum atomic E-state index is 11.5. The zero-order valence-electron chi connectivity index (χ0n) is 18.3. The molecule has 0 rings (SSSR count). The molecule has 27 heavy (non-hydrogen) atoms. The van der Waals surface area contributed by atoms with E-state index in [0.717, 1.165) is 32.4 Å². The maximum Gasteiger partial charge on any atom is 0.314 e. The summed E-state index contributed by atoms with van der Waals surface area (Å²) >= 11 is 0. The summed E-state index contributed by atoms with van der Waals surface area (Å²) in [7, 11) is 0. The molecule has 4 nitrogen and oxygen atoms in total. The standard InChI is InChI=1S/C23H49N3O/c1-2-3-4-5-6-7-8-9-10-11-12-13-14-15-16-18-21-25-23(27)26-22-19-17-20-24/h2-22,24H2,1H3,(H2,25,26,27). The summed E-state index contributed by atoms with van der Waals surface area (Å²) in [4.78, 5) is 11.5. The lowest BCUT2D eigenvalue weighted by atomic mass is 10.0. The second-order valence-electron chi connectivity index (χ2n) is 7.98. The van der Waals surface area contributed by atoms with Gasteiger partial charge in [0.1, 0.15) is 0 Å². The van der Waals surface area contributed by atoms with E-state index >= 15 is 0 Å². The minimum Gasteiger partial charge on any atom is -0.338 e. The van der Waals surface area contributed by atoms with Gasteiger partial charge in [-0.2, -0.15) is 0 Å². The monoisotopic (exact) mass is 383 g/mol. The van der Waals surface area contributed by atoms with Gasteiger partial charge in [-0.15, -0.1) is 0 Å². The minimum absolute atomic E-state index is 0.0343. The van der Waals surface area contributed by atoms with Crippen molar-refractivity contribution in [1.82, 2.24) is 10.6 Å². The van der Waals surface area contributed by atoms with Gasteiger partial charge in [0.25, 0.3) is 0 Å². The summed E-state index contributed by atoms with van der Waals surface area (Å²) in [6, 6.07) is -0.0343. The molecule has 0 atom stereocenters. The predicted molar refractivity (Wildman–Crippen MR) is 119 cm³/mol. The smallest absolute Gasteiger partial charge is 0.314 e. The lowest BCUT2D eigenvalue weighted by Gasteiger charge is -2.07. The Bertz CT molecular complexity index is 297. The van der Waals surface area contributed by atoms with Crippen molar-refractivity contribution < 1.29 is 4.79 Å². The van der Waals surface area contributed by atoms with Gasteiger partial charge >= 0.3 is 6.03 Å². The van der Waals surface area contributed by atoms with Gasteiger partial charge < -0.3 is 16.4 Å². The van der Waals surface area contributed by atoms with Crippen molar-refractivity contribution in [3.05, 3.63) is 0 Å². The Kier molecular flexibility index (Phi) is 22.6. The van der Waals surface area contributed by atoms with E-state index in [9.17, 15) is 4.79 Å². The average molecular weight is 384 g/mol. The first-order valence-electron chi connectivity index (χ1n) is 12.0. The third-order valence-electron chi connectivity index (χ3n) is 5.23. The van der Waals surface area contributed by atoms with E-state index in [1.807, 2.05) is 0 Å². The molecule has 162 valence electrons. The number of carbonyl (C=O) groups excluding carboxylic acids is 1. The fourth-order valence-electron chi connectivity index (χ4n) is 3.41. The fourth-order valence-corrected chi connectivity index (χ4v) is 3.41. The Balaban J connectivity index is 3.07. The Morgan fingerprint density at radius 3 is 1.26 bits per heavy atom. The molecule has 4 heteroatoms. The van der Waals surface area contributed by atoms with Crippen molar-refractivity contribution in [3.63, 3.8) is 0 Å². The first-order chi connectivity index (χ1) is 13.3. The molecule has 2 amide bonds. The molecule has 0 unspecified atom stereocenters. The van der Waals surface area contributed by atoms with Crippen LogP contribution in [-0.4, -0.2) is 25.7 Å². The zero-order chi connectivity index (χ0) is 19.8. The molecule has 0 aliphatic carbocycles. The second kappa shape index (κ2) is 23.3. The van der Waals surface area contributed by atoms with Crippen molar-refractivity contribution in [3.8, 4) is 0 Å². The van der Waals surface area contributed by atoms with Crippen LogP contribution in [0.5, 0.6) is 0 Å². The third kappa shape index (κ3) is 23.2. The van der Waals surface area contributed by atoms with Gasteiger partial charge in [-0.1, -0.05) is 103 Å². The van der Waals surface area contributed by atoms with Crippen LogP contribution in [0.1, 0.15) is 122 Å². The Hall–Kier alpha value is -0.770. The summed E-state index contributed by atoms with van der Waals surface area (Å²) in [6.07, 6.45) is 24.0. The number of unbranched alkanes of at least 4 members (excludes halogenated alkanes) is 16. The molecular formula is C23H49N3O. The van der Waals surface area contributed by atoms with Crippen LogP contribution in [0.25, 0.3) is 0 Å². The van der Waals surface area contributed by atoms with Crippen LogP contribution in [-0.2, 0) is 0 Å². The molecule has 0 radical (unpaired) electrons. The number of rotatable bonds is 21. The van der Waals surface area contributed by atoms with E-state index in [1.54, 1.807) is 0 Å². The summed E-state index contributed by atoms with van der Waals surface area (Å²) < 4.78 is 0. The second-order valence-corrected chi connectivity index (χ2v) is 7.98. The molecule has 0 aromatic heterocycles. The highest BCUT2D eigenvalue weighted by Crippen LogP contribution is 2.13. The number of nitrogens with two attached hydrogens (primary N) is 1. The topological polar surface area (TPSA) is 67.2 Å².